The van der Waals surface area contributed by atoms with Gasteiger partial charge in [-0.25, -0.2) is 0 Å². The highest BCUT2D eigenvalue weighted by Gasteiger charge is 2.18. The molecular formula is C61H74. The van der Waals surface area contributed by atoms with E-state index in [1.165, 1.54) is 144 Å². The van der Waals surface area contributed by atoms with Crippen molar-refractivity contribution < 1.29 is 0 Å². The Morgan fingerprint density at radius 3 is 0.410 bits per heavy atom. The third-order valence-electron chi connectivity index (χ3n) is 14.5. The van der Waals surface area contributed by atoms with Gasteiger partial charge in [0.1, 0.15) is 0 Å². The summed E-state index contributed by atoms with van der Waals surface area (Å²) in [6.07, 6.45) is 14.5. The largest absolute Gasteiger partial charge is 0.0651 e. The predicted octanol–water partition coefficient (Wildman–Crippen LogP) is 17.4. The van der Waals surface area contributed by atoms with Crippen molar-refractivity contribution in [3.63, 3.8) is 0 Å². The molecule has 8 rings (SSSR count). The van der Waals surface area contributed by atoms with Gasteiger partial charge in [0, 0.05) is 0 Å². The number of benzene rings is 8. The first kappa shape index (κ1) is 44.4. The Labute approximate surface area is 369 Å². The normalized spacial score (nSPS) is 11.8. The van der Waals surface area contributed by atoms with Crippen molar-refractivity contribution in [2.24, 2.45) is 0 Å². The van der Waals surface area contributed by atoms with E-state index in [9.17, 15) is 0 Å². The molecule has 0 saturated heterocycles. The Kier molecular flexibility index (Phi) is 13.9. The van der Waals surface area contributed by atoms with Gasteiger partial charge in [-0.1, -0.05) is 162 Å². The number of aryl methyl sites for hydroxylation is 12. The number of hydrogen-bond acceptors (Lipinski definition) is 0. The Morgan fingerprint density at radius 1 is 0.180 bits per heavy atom. The van der Waals surface area contributed by atoms with Gasteiger partial charge in [-0.05, 0) is 208 Å². The van der Waals surface area contributed by atoms with E-state index in [1.54, 1.807) is 0 Å². The molecule has 0 nitrogen and oxygen atoms in total. The Morgan fingerprint density at radius 2 is 0.295 bits per heavy atom. The van der Waals surface area contributed by atoms with Crippen LogP contribution < -0.4 is 0 Å². The molecule has 8 aromatic carbocycles. The van der Waals surface area contributed by atoms with Crippen molar-refractivity contribution in [3.8, 4) is 0 Å². The lowest BCUT2D eigenvalue weighted by Gasteiger charge is -2.19. The van der Waals surface area contributed by atoms with Gasteiger partial charge in [-0.15, -0.1) is 0 Å². The average molecular weight is 807 g/mol. The summed E-state index contributed by atoms with van der Waals surface area (Å²) in [4.78, 5) is 0. The van der Waals surface area contributed by atoms with Gasteiger partial charge >= 0.3 is 0 Å². The SMILES string of the molecule is CCCc1cc2c3cc(CC)c(CC)cc3c3cc(CC)c(CC)cc3c2cc1CC.CCc1cc2c3cc(CC)c(CC)cc3c3cc(CC)c(CC)cc3c2cc1CC. The van der Waals surface area contributed by atoms with E-state index in [0.29, 0.717) is 0 Å². The van der Waals surface area contributed by atoms with Crippen LogP contribution in [0.2, 0.25) is 0 Å². The molecular weight excluding hydrogens is 733 g/mol. The highest BCUT2D eigenvalue weighted by molar-refractivity contribution is 6.27. The molecule has 0 aliphatic rings. The quantitative estimate of drug-likeness (QED) is 0.102. The predicted molar refractivity (Wildman–Crippen MR) is 275 cm³/mol. The fraction of sp³-hybridized carbons (Fsp3) is 0.410. The molecule has 0 aliphatic heterocycles. The molecule has 0 heteroatoms. The Bertz CT molecular complexity index is 2570. The molecule has 0 atom stereocenters. The maximum atomic E-state index is 2.53. The smallest absolute Gasteiger partial charge is 0.00959 e. The first-order chi connectivity index (χ1) is 29.7. The van der Waals surface area contributed by atoms with Crippen LogP contribution in [0.15, 0.2) is 72.8 Å². The van der Waals surface area contributed by atoms with Gasteiger partial charge in [-0.3, -0.25) is 0 Å². The molecule has 8 aromatic rings. The lowest BCUT2D eigenvalue weighted by atomic mass is 9.85. The van der Waals surface area contributed by atoms with Crippen LogP contribution in [0.1, 0.15) is 156 Å². The van der Waals surface area contributed by atoms with Gasteiger partial charge in [0.05, 0.1) is 0 Å². The molecule has 0 aromatic heterocycles. The third-order valence-corrected chi connectivity index (χ3v) is 14.5. The lowest BCUT2D eigenvalue weighted by molar-refractivity contribution is 0.902. The van der Waals surface area contributed by atoms with Crippen molar-refractivity contribution in [3.05, 3.63) is 140 Å². The second-order valence-electron chi connectivity index (χ2n) is 17.6. The topological polar surface area (TPSA) is 0 Å². The van der Waals surface area contributed by atoms with E-state index in [-0.39, 0.29) is 0 Å². The van der Waals surface area contributed by atoms with Crippen LogP contribution in [0.5, 0.6) is 0 Å². The van der Waals surface area contributed by atoms with Gasteiger partial charge in [-0.2, -0.15) is 0 Å². The number of rotatable bonds is 13. The summed E-state index contributed by atoms with van der Waals surface area (Å²) in [6, 6.07) is 30.1. The fourth-order valence-corrected chi connectivity index (χ4v) is 10.9. The summed E-state index contributed by atoms with van der Waals surface area (Å²) < 4.78 is 0. The van der Waals surface area contributed by atoms with Gasteiger partial charge in [0.25, 0.3) is 0 Å². The molecule has 0 bridgehead atoms. The summed E-state index contributed by atoms with van der Waals surface area (Å²) >= 11 is 0. The van der Waals surface area contributed by atoms with Crippen LogP contribution in [0.3, 0.4) is 0 Å². The average Bonchev–Trinajstić information content (AvgIpc) is 3.31. The van der Waals surface area contributed by atoms with Crippen molar-refractivity contribution in [2.45, 2.75) is 167 Å². The number of fused-ring (bicyclic) bond motifs is 12. The molecule has 0 heterocycles. The second-order valence-corrected chi connectivity index (χ2v) is 17.6. The molecule has 0 fully saturated rings. The van der Waals surface area contributed by atoms with E-state index in [0.717, 1.165) is 70.6 Å². The molecule has 0 spiro atoms. The number of hydrogen-bond donors (Lipinski definition) is 0. The first-order valence-electron chi connectivity index (χ1n) is 24.7. The Hall–Kier alpha value is -4.68. The van der Waals surface area contributed by atoms with Crippen LogP contribution in [0.25, 0.3) is 64.6 Å². The lowest BCUT2D eigenvalue weighted by Crippen LogP contribution is -1.98. The van der Waals surface area contributed by atoms with Crippen molar-refractivity contribution >= 4 is 64.6 Å². The zero-order valence-corrected chi connectivity index (χ0v) is 40.1. The standard InChI is InChI=1S/C31H38.C30H36/c1-7-13-25-19-31-29-17-23(11-5)21(9-3)15-27(29)26-14-20(8-2)22(10-4)16-28(26)30(31)18-24(25)12-6;1-7-19-13-25-26(14-20(19)8-2)28-16-22(10-4)24(12-6)18-30(28)29-17-23(11-5)21(9-3)15-27(25)29/h14-19H,7-13H2,1-6H3;13-18H,7-12H2,1-6H3. The summed E-state index contributed by atoms with van der Waals surface area (Å²) in [7, 11) is 0. The minimum atomic E-state index is 1.10. The maximum absolute atomic E-state index is 2.53. The molecule has 0 unspecified atom stereocenters. The van der Waals surface area contributed by atoms with Crippen LogP contribution in [-0.2, 0) is 77.0 Å². The monoisotopic (exact) mass is 807 g/mol. The van der Waals surface area contributed by atoms with Crippen LogP contribution in [0, 0.1) is 0 Å². The van der Waals surface area contributed by atoms with E-state index in [1.807, 2.05) is 0 Å². The van der Waals surface area contributed by atoms with E-state index >= 15 is 0 Å². The maximum Gasteiger partial charge on any atom is -0.00959 e. The minimum Gasteiger partial charge on any atom is -0.0651 e. The van der Waals surface area contributed by atoms with Crippen molar-refractivity contribution in [1.82, 2.24) is 0 Å². The fourth-order valence-electron chi connectivity index (χ4n) is 10.9. The zero-order valence-electron chi connectivity index (χ0n) is 40.1. The van der Waals surface area contributed by atoms with Crippen LogP contribution in [0.4, 0.5) is 0 Å². The van der Waals surface area contributed by atoms with Crippen molar-refractivity contribution in [1.29, 1.82) is 0 Å². The van der Waals surface area contributed by atoms with Gasteiger partial charge in [0.2, 0.25) is 0 Å². The van der Waals surface area contributed by atoms with Crippen molar-refractivity contribution in [2.75, 3.05) is 0 Å². The first-order valence-corrected chi connectivity index (χ1v) is 24.7. The minimum absolute atomic E-state index is 1.10. The van der Waals surface area contributed by atoms with Crippen LogP contribution in [-0.4, -0.2) is 0 Å². The van der Waals surface area contributed by atoms with E-state index in [2.05, 4.69) is 156 Å². The molecule has 0 saturated carbocycles. The molecule has 0 radical (unpaired) electrons. The third kappa shape index (κ3) is 7.99. The molecule has 61 heavy (non-hydrogen) atoms. The second kappa shape index (κ2) is 19.2. The molecule has 0 amide bonds. The van der Waals surface area contributed by atoms with E-state index < -0.39 is 0 Å². The molecule has 0 N–H and O–H groups in total. The highest BCUT2D eigenvalue weighted by atomic mass is 14.2. The highest BCUT2D eigenvalue weighted by Crippen LogP contribution is 2.42. The molecule has 318 valence electrons. The Balaban J connectivity index is 0.000000184. The molecule has 0 aliphatic carbocycles. The summed E-state index contributed by atoms with van der Waals surface area (Å²) in [5.41, 5.74) is 18.1. The summed E-state index contributed by atoms with van der Waals surface area (Å²) in [5.74, 6) is 0. The summed E-state index contributed by atoms with van der Waals surface area (Å²) in [6.45, 7) is 27.5. The van der Waals surface area contributed by atoms with Crippen LogP contribution >= 0.6 is 0 Å². The zero-order chi connectivity index (χ0) is 43.5. The van der Waals surface area contributed by atoms with E-state index in [4.69, 9.17) is 0 Å². The van der Waals surface area contributed by atoms with Gasteiger partial charge in [0.15, 0.2) is 0 Å². The van der Waals surface area contributed by atoms with Gasteiger partial charge < -0.3 is 0 Å². The summed E-state index contributed by atoms with van der Waals surface area (Å²) in [5, 5.41) is 17.3.